The molecule has 1 atom stereocenters. The zero-order chi connectivity index (χ0) is 18.4. The summed E-state index contributed by atoms with van der Waals surface area (Å²) in [5.74, 6) is 0.0205. The van der Waals surface area contributed by atoms with Crippen molar-refractivity contribution in [3.05, 3.63) is 72.4 Å². The molecule has 0 radical (unpaired) electrons. The minimum Gasteiger partial charge on any atom is -0.325 e. The number of carbonyl (C=O) groups excluding carboxylic acids is 1. The first kappa shape index (κ1) is 18.1. The fraction of sp³-hybridized carbons (Fsp3) is 0.273. The molecular formula is C22H25N3O. The highest BCUT2D eigenvalue weighted by atomic mass is 16.2. The number of carbonyl (C=O) groups is 1. The number of benzene rings is 2. The third-order valence-electron chi connectivity index (χ3n) is 4.53. The monoisotopic (exact) mass is 347 g/mol. The van der Waals surface area contributed by atoms with Crippen LogP contribution in [0.4, 0.5) is 5.69 Å². The summed E-state index contributed by atoms with van der Waals surface area (Å²) < 4.78 is 0. The molecule has 3 aromatic rings. The van der Waals surface area contributed by atoms with E-state index in [1.165, 1.54) is 5.56 Å². The summed E-state index contributed by atoms with van der Waals surface area (Å²) in [6.45, 7) is 5.71. The lowest BCUT2D eigenvalue weighted by Gasteiger charge is -2.28. The standard InChI is InChI=1S/C22H25N3O/c1-3-14-25(17(2)22(26)24-20-9-5-4-6-10-20)16-18-11-12-21-19(15-18)8-7-13-23-21/h4-13,15,17H,3,14,16H2,1-2H3,(H,24,26)/t17-/m0/s1. The predicted molar refractivity (Wildman–Crippen MR) is 107 cm³/mol. The minimum absolute atomic E-state index is 0.0205. The zero-order valence-electron chi connectivity index (χ0n) is 15.4. The number of hydrogen-bond acceptors (Lipinski definition) is 3. The first-order valence-electron chi connectivity index (χ1n) is 9.11. The van der Waals surface area contributed by atoms with Crippen molar-refractivity contribution >= 4 is 22.5 Å². The molecule has 0 bridgehead atoms. The van der Waals surface area contributed by atoms with Gasteiger partial charge in [0.25, 0.3) is 0 Å². The normalized spacial score (nSPS) is 12.3. The second kappa shape index (κ2) is 8.59. The summed E-state index contributed by atoms with van der Waals surface area (Å²) in [6, 6.07) is 19.7. The summed E-state index contributed by atoms with van der Waals surface area (Å²) >= 11 is 0. The first-order valence-corrected chi connectivity index (χ1v) is 9.11. The largest absolute Gasteiger partial charge is 0.325 e. The number of nitrogens with one attached hydrogen (secondary N) is 1. The number of pyridine rings is 1. The Balaban J connectivity index is 1.73. The second-order valence-electron chi connectivity index (χ2n) is 6.53. The van der Waals surface area contributed by atoms with Crippen LogP contribution in [0.1, 0.15) is 25.8 Å². The molecule has 3 rings (SSSR count). The molecule has 0 aliphatic rings. The van der Waals surface area contributed by atoms with E-state index in [0.29, 0.717) is 0 Å². The number of rotatable bonds is 7. The van der Waals surface area contributed by atoms with Crippen LogP contribution in [0.5, 0.6) is 0 Å². The third kappa shape index (κ3) is 4.46. The Kier molecular flexibility index (Phi) is 5.97. The lowest BCUT2D eigenvalue weighted by atomic mass is 10.1. The van der Waals surface area contributed by atoms with E-state index in [2.05, 4.69) is 40.3 Å². The molecule has 0 unspecified atom stereocenters. The van der Waals surface area contributed by atoms with Crippen molar-refractivity contribution in [2.75, 3.05) is 11.9 Å². The molecule has 0 saturated heterocycles. The van der Waals surface area contributed by atoms with Gasteiger partial charge in [-0.05, 0) is 55.8 Å². The van der Waals surface area contributed by atoms with E-state index in [4.69, 9.17) is 0 Å². The highest BCUT2D eigenvalue weighted by molar-refractivity contribution is 5.94. The van der Waals surface area contributed by atoms with E-state index in [1.54, 1.807) is 6.20 Å². The molecule has 0 aliphatic heterocycles. The SMILES string of the molecule is CCCN(Cc1ccc2ncccc2c1)[C@@H](C)C(=O)Nc1ccccc1. The number of aromatic nitrogens is 1. The van der Waals surface area contributed by atoms with Crippen LogP contribution in [-0.2, 0) is 11.3 Å². The van der Waals surface area contributed by atoms with Crippen molar-refractivity contribution in [3.63, 3.8) is 0 Å². The van der Waals surface area contributed by atoms with Gasteiger partial charge in [0.2, 0.25) is 5.91 Å². The molecule has 1 N–H and O–H groups in total. The second-order valence-corrected chi connectivity index (χ2v) is 6.53. The maximum absolute atomic E-state index is 12.7. The maximum atomic E-state index is 12.7. The fourth-order valence-corrected chi connectivity index (χ4v) is 3.09. The van der Waals surface area contributed by atoms with Crippen molar-refractivity contribution in [1.29, 1.82) is 0 Å². The number of hydrogen-bond donors (Lipinski definition) is 1. The van der Waals surface area contributed by atoms with Crippen molar-refractivity contribution in [3.8, 4) is 0 Å². The molecular weight excluding hydrogens is 322 g/mol. The number of para-hydroxylation sites is 1. The van der Waals surface area contributed by atoms with Crippen LogP contribution in [0.25, 0.3) is 10.9 Å². The van der Waals surface area contributed by atoms with E-state index in [-0.39, 0.29) is 11.9 Å². The summed E-state index contributed by atoms with van der Waals surface area (Å²) in [5, 5.41) is 4.13. The minimum atomic E-state index is -0.209. The number of nitrogens with zero attached hydrogens (tertiary/aromatic N) is 2. The predicted octanol–water partition coefficient (Wildman–Crippen LogP) is 4.47. The third-order valence-corrected chi connectivity index (χ3v) is 4.53. The van der Waals surface area contributed by atoms with Crippen molar-refractivity contribution in [1.82, 2.24) is 9.88 Å². The number of amides is 1. The van der Waals surface area contributed by atoms with Crippen molar-refractivity contribution < 1.29 is 4.79 Å². The van der Waals surface area contributed by atoms with Gasteiger partial charge in [-0.25, -0.2) is 0 Å². The average molecular weight is 347 g/mol. The Morgan fingerprint density at radius 2 is 1.92 bits per heavy atom. The van der Waals surface area contributed by atoms with E-state index in [9.17, 15) is 4.79 Å². The molecule has 0 spiro atoms. The summed E-state index contributed by atoms with van der Waals surface area (Å²) in [5.41, 5.74) is 3.02. The van der Waals surface area contributed by atoms with E-state index in [0.717, 1.165) is 36.1 Å². The van der Waals surface area contributed by atoms with E-state index < -0.39 is 0 Å². The van der Waals surface area contributed by atoms with Gasteiger partial charge in [0.05, 0.1) is 11.6 Å². The van der Waals surface area contributed by atoms with Gasteiger partial charge in [0.1, 0.15) is 0 Å². The van der Waals surface area contributed by atoms with Crippen LogP contribution >= 0.6 is 0 Å². The van der Waals surface area contributed by atoms with Gasteiger partial charge in [-0.1, -0.05) is 37.3 Å². The molecule has 1 aromatic heterocycles. The fourth-order valence-electron chi connectivity index (χ4n) is 3.09. The zero-order valence-corrected chi connectivity index (χ0v) is 15.4. The molecule has 1 amide bonds. The Hall–Kier alpha value is -2.72. The summed E-state index contributed by atoms with van der Waals surface area (Å²) in [7, 11) is 0. The molecule has 1 heterocycles. The molecule has 26 heavy (non-hydrogen) atoms. The number of fused-ring (bicyclic) bond motifs is 1. The Morgan fingerprint density at radius 1 is 1.12 bits per heavy atom. The van der Waals surface area contributed by atoms with E-state index >= 15 is 0 Å². The molecule has 2 aromatic carbocycles. The smallest absolute Gasteiger partial charge is 0.241 e. The quantitative estimate of drug-likeness (QED) is 0.686. The number of anilines is 1. The van der Waals surface area contributed by atoms with Gasteiger partial charge < -0.3 is 5.32 Å². The summed E-state index contributed by atoms with van der Waals surface area (Å²) in [6.07, 6.45) is 2.81. The van der Waals surface area contributed by atoms with Crippen LogP contribution < -0.4 is 5.32 Å². The van der Waals surface area contributed by atoms with Crippen molar-refractivity contribution in [2.45, 2.75) is 32.9 Å². The Labute approximate surface area is 154 Å². The van der Waals surface area contributed by atoms with E-state index in [1.807, 2.05) is 49.4 Å². The molecule has 134 valence electrons. The van der Waals surface area contributed by atoms with Crippen LogP contribution in [0.3, 0.4) is 0 Å². The van der Waals surface area contributed by atoms with Gasteiger partial charge in [0.15, 0.2) is 0 Å². The highest BCUT2D eigenvalue weighted by Crippen LogP contribution is 2.17. The topological polar surface area (TPSA) is 45.2 Å². The summed E-state index contributed by atoms with van der Waals surface area (Å²) in [4.78, 5) is 19.3. The lowest BCUT2D eigenvalue weighted by Crippen LogP contribution is -2.42. The molecule has 4 heteroatoms. The van der Waals surface area contributed by atoms with Gasteiger partial charge in [0, 0.05) is 23.8 Å². The lowest BCUT2D eigenvalue weighted by molar-refractivity contribution is -0.121. The molecule has 0 fully saturated rings. The maximum Gasteiger partial charge on any atom is 0.241 e. The van der Waals surface area contributed by atoms with Crippen LogP contribution in [0.2, 0.25) is 0 Å². The van der Waals surface area contributed by atoms with Crippen LogP contribution in [0.15, 0.2) is 66.9 Å². The van der Waals surface area contributed by atoms with Crippen molar-refractivity contribution in [2.24, 2.45) is 0 Å². The first-order chi connectivity index (χ1) is 12.7. The highest BCUT2D eigenvalue weighted by Gasteiger charge is 2.21. The molecule has 4 nitrogen and oxygen atoms in total. The Bertz CT molecular complexity index is 863. The van der Waals surface area contributed by atoms with Gasteiger partial charge >= 0.3 is 0 Å². The van der Waals surface area contributed by atoms with Gasteiger partial charge in [-0.15, -0.1) is 0 Å². The average Bonchev–Trinajstić information content (AvgIpc) is 2.67. The molecule has 0 aliphatic carbocycles. The molecule has 0 saturated carbocycles. The van der Waals surface area contributed by atoms with Crippen LogP contribution in [0, 0.1) is 0 Å². The Morgan fingerprint density at radius 3 is 2.69 bits per heavy atom. The van der Waals surface area contributed by atoms with Gasteiger partial charge in [-0.3, -0.25) is 14.7 Å². The van der Waals surface area contributed by atoms with Gasteiger partial charge in [-0.2, -0.15) is 0 Å². The van der Waals surface area contributed by atoms with Crippen LogP contribution in [-0.4, -0.2) is 28.4 Å².